The van der Waals surface area contributed by atoms with Crippen LogP contribution >= 0.6 is 11.3 Å². The van der Waals surface area contributed by atoms with Gasteiger partial charge in [0.2, 0.25) is 0 Å². The average Bonchev–Trinajstić information content (AvgIpc) is 3.41. The molecule has 8 nitrogen and oxygen atoms in total. The first-order valence-corrected chi connectivity index (χ1v) is 11.4. The molecule has 0 atom stereocenters. The van der Waals surface area contributed by atoms with Crippen LogP contribution in [0.3, 0.4) is 0 Å². The van der Waals surface area contributed by atoms with Crippen molar-refractivity contribution in [1.29, 1.82) is 0 Å². The van der Waals surface area contributed by atoms with Crippen molar-refractivity contribution in [3.05, 3.63) is 70.6 Å². The van der Waals surface area contributed by atoms with E-state index in [4.69, 9.17) is 0 Å². The third kappa shape index (κ3) is 5.26. The van der Waals surface area contributed by atoms with E-state index < -0.39 is 17.8 Å². The van der Waals surface area contributed by atoms with E-state index in [0.717, 1.165) is 36.9 Å². The Morgan fingerprint density at radius 1 is 1.11 bits per heavy atom. The van der Waals surface area contributed by atoms with E-state index in [2.05, 4.69) is 37.5 Å². The van der Waals surface area contributed by atoms with Gasteiger partial charge in [0, 0.05) is 18.4 Å². The zero-order valence-corrected chi connectivity index (χ0v) is 19.0. The number of likely N-dealkylation sites (tertiary alicyclic amines) is 1. The summed E-state index contributed by atoms with van der Waals surface area (Å²) in [4.78, 5) is 23.2. The SMILES string of the molecule is O=C(Nc1ccc(CN2CCC2)c(C(F)(F)F)c1)Nc1ncc(C#Cc2cnc3cccnn23)s1. The maximum Gasteiger partial charge on any atom is 0.416 e. The highest BCUT2D eigenvalue weighted by Crippen LogP contribution is 2.35. The normalized spacial score (nSPS) is 13.7. The molecule has 0 bridgehead atoms. The van der Waals surface area contributed by atoms with E-state index in [1.165, 1.54) is 18.3 Å². The molecule has 0 radical (unpaired) electrons. The Morgan fingerprint density at radius 2 is 1.97 bits per heavy atom. The van der Waals surface area contributed by atoms with Crippen molar-refractivity contribution in [2.24, 2.45) is 0 Å². The Hall–Kier alpha value is -3.95. The monoisotopic (exact) mass is 497 g/mol. The van der Waals surface area contributed by atoms with Crippen LogP contribution in [0.4, 0.5) is 28.8 Å². The van der Waals surface area contributed by atoms with Gasteiger partial charge < -0.3 is 5.32 Å². The maximum atomic E-state index is 13.6. The molecule has 1 aliphatic rings. The van der Waals surface area contributed by atoms with Crippen LogP contribution in [0.25, 0.3) is 5.65 Å². The molecule has 4 aromatic rings. The number of amides is 2. The summed E-state index contributed by atoms with van der Waals surface area (Å²) in [6.07, 6.45) is 1.20. The van der Waals surface area contributed by atoms with Gasteiger partial charge >= 0.3 is 12.2 Å². The number of nitrogens with one attached hydrogen (secondary N) is 2. The number of hydrogen-bond acceptors (Lipinski definition) is 6. The molecular weight excluding hydrogens is 479 g/mol. The Morgan fingerprint density at radius 3 is 2.74 bits per heavy atom. The number of hydrogen-bond donors (Lipinski definition) is 2. The number of fused-ring (bicyclic) bond motifs is 1. The van der Waals surface area contributed by atoms with Crippen LogP contribution in [0.2, 0.25) is 0 Å². The number of anilines is 2. The van der Waals surface area contributed by atoms with Gasteiger partial charge in [0.25, 0.3) is 0 Å². The third-order valence-electron chi connectivity index (χ3n) is 5.33. The van der Waals surface area contributed by atoms with E-state index >= 15 is 0 Å². The molecule has 35 heavy (non-hydrogen) atoms. The number of rotatable bonds is 4. The molecular formula is C23H18F3N7OS. The van der Waals surface area contributed by atoms with Gasteiger partial charge in [-0.15, -0.1) is 0 Å². The quantitative estimate of drug-likeness (QED) is 0.407. The molecule has 4 heterocycles. The standard InChI is InChI=1S/C23H18F3N7OS/c24-23(25,26)19-11-16(5-4-15(19)14-32-9-2-10-32)30-21(34)31-22-28-13-18(35-22)7-6-17-12-27-20-3-1-8-29-33(17)20/h1,3-5,8,11-13H,2,9-10,14H2,(H2,28,30,31,34). The van der Waals surface area contributed by atoms with Gasteiger partial charge in [0.1, 0.15) is 5.69 Å². The molecule has 12 heteroatoms. The Balaban J connectivity index is 1.25. The van der Waals surface area contributed by atoms with Crippen molar-refractivity contribution < 1.29 is 18.0 Å². The summed E-state index contributed by atoms with van der Waals surface area (Å²) in [6, 6.07) is 6.71. The summed E-state index contributed by atoms with van der Waals surface area (Å²) in [5.41, 5.74) is 0.740. The number of urea groups is 1. The fourth-order valence-electron chi connectivity index (χ4n) is 3.53. The molecule has 0 aliphatic carbocycles. The number of imidazole rings is 1. The van der Waals surface area contributed by atoms with Crippen LogP contribution in [0, 0.1) is 11.8 Å². The molecule has 0 unspecified atom stereocenters. The molecule has 0 spiro atoms. The second kappa shape index (κ2) is 9.36. The van der Waals surface area contributed by atoms with Crippen molar-refractivity contribution in [3.63, 3.8) is 0 Å². The summed E-state index contributed by atoms with van der Waals surface area (Å²) < 4.78 is 42.3. The van der Waals surface area contributed by atoms with Crippen molar-refractivity contribution in [2.75, 3.05) is 23.7 Å². The van der Waals surface area contributed by atoms with Crippen LogP contribution in [0.15, 0.2) is 48.9 Å². The Kier molecular flexibility index (Phi) is 6.10. The topological polar surface area (TPSA) is 87.5 Å². The lowest BCUT2D eigenvalue weighted by molar-refractivity contribution is -0.138. The van der Waals surface area contributed by atoms with Crippen molar-refractivity contribution in [2.45, 2.75) is 19.1 Å². The first kappa shape index (κ1) is 22.8. The molecule has 2 amide bonds. The van der Waals surface area contributed by atoms with Gasteiger partial charge in [0.05, 0.1) is 22.8 Å². The predicted molar refractivity (Wildman–Crippen MR) is 125 cm³/mol. The number of nitrogens with zero attached hydrogens (tertiary/aromatic N) is 5. The minimum Gasteiger partial charge on any atom is -0.308 e. The zero-order valence-electron chi connectivity index (χ0n) is 18.1. The highest BCUT2D eigenvalue weighted by atomic mass is 32.1. The lowest BCUT2D eigenvalue weighted by Gasteiger charge is -2.31. The average molecular weight is 498 g/mol. The molecule has 1 fully saturated rings. The molecule has 1 aromatic carbocycles. The number of alkyl halides is 3. The number of thiazole rings is 1. The Labute approximate surface area is 201 Å². The summed E-state index contributed by atoms with van der Waals surface area (Å²) in [7, 11) is 0. The van der Waals surface area contributed by atoms with Crippen LogP contribution in [0.1, 0.15) is 28.1 Å². The molecule has 0 saturated carbocycles. The molecule has 5 rings (SSSR count). The molecule has 1 saturated heterocycles. The van der Waals surface area contributed by atoms with Crippen molar-refractivity contribution >= 4 is 33.8 Å². The van der Waals surface area contributed by atoms with Gasteiger partial charge in [0.15, 0.2) is 10.8 Å². The summed E-state index contributed by atoms with van der Waals surface area (Å²) in [6.45, 7) is 1.81. The van der Waals surface area contributed by atoms with E-state index in [0.29, 0.717) is 16.2 Å². The number of halogens is 3. The van der Waals surface area contributed by atoms with Gasteiger partial charge in [-0.1, -0.05) is 17.4 Å². The second-order valence-corrected chi connectivity index (χ2v) is 8.83. The minimum atomic E-state index is -4.52. The summed E-state index contributed by atoms with van der Waals surface area (Å²) in [5.74, 6) is 5.90. The molecule has 178 valence electrons. The fraction of sp³-hybridized carbons (Fsp3) is 0.217. The maximum absolute atomic E-state index is 13.6. The number of carbonyl (C=O) groups excluding carboxylic acids is 1. The lowest BCUT2D eigenvalue weighted by atomic mass is 10.0. The van der Waals surface area contributed by atoms with Crippen LogP contribution in [0.5, 0.6) is 0 Å². The van der Waals surface area contributed by atoms with Crippen LogP contribution in [-0.2, 0) is 12.7 Å². The van der Waals surface area contributed by atoms with E-state index in [1.54, 1.807) is 23.0 Å². The lowest BCUT2D eigenvalue weighted by Crippen LogP contribution is -2.36. The van der Waals surface area contributed by atoms with Gasteiger partial charge in [-0.25, -0.2) is 19.3 Å². The van der Waals surface area contributed by atoms with Gasteiger partial charge in [-0.05, 0) is 61.2 Å². The number of carbonyl (C=O) groups is 1. The predicted octanol–water partition coefficient (Wildman–Crippen LogP) is 4.45. The summed E-state index contributed by atoms with van der Waals surface area (Å²) in [5, 5.41) is 9.41. The highest BCUT2D eigenvalue weighted by Gasteiger charge is 2.34. The minimum absolute atomic E-state index is 0.0406. The zero-order chi connectivity index (χ0) is 24.4. The number of benzene rings is 1. The van der Waals surface area contributed by atoms with Crippen LogP contribution < -0.4 is 10.6 Å². The van der Waals surface area contributed by atoms with Gasteiger partial charge in [-0.3, -0.25) is 10.2 Å². The van der Waals surface area contributed by atoms with Crippen LogP contribution in [-0.4, -0.2) is 43.6 Å². The molecule has 1 aliphatic heterocycles. The highest BCUT2D eigenvalue weighted by molar-refractivity contribution is 7.16. The summed E-state index contributed by atoms with van der Waals surface area (Å²) >= 11 is 1.13. The molecule has 3 aromatic heterocycles. The van der Waals surface area contributed by atoms with E-state index in [1.807, 2.05) is 11.0 Å². The first-order valence-electron chi connectivity index (χ1n) is 10.6. The van der Waals surface area contributed by atoms with E-state index in [-0.39, 0.29) is 22.9 Å². The number of aromatic nitrogens is 4. The third-order valence-corrected chi connectivity index (χ3v) is 6.16. The van der Waals surface area contributed by atoms with Gasteiger partial charge in [-0.2, -0.15) is 18.3 Å². The Bertz CT molecular complexity index is 1450. The fourth-order valence-corrected chi connectivity index (χ4v) is 4.19. The van der Waals surface area contributed by atoms with Crippen molar-refractivity contribution in [1.82, 2.24) is 24.5 Å². The molecule has 2 N–H and O–H groups in total. The smallest absolute Gasteiger partial charge is 0.308 e. The first-order chi connectivity index (χ1) is 16.8. The largest absolute Gasteiger partial charge is 0.416 e. The second-order valence-electron chi connectivity index (χ2n) is 7.80. The van der Waals surface area contributed by atoms with Crippen molar-refractivity contribution in [3.8, 4) is 11.8 Å². The van der Waals surface area contributed by atoms with E-state index in [9.17, 15) is 18.0 Å².